The molecule has 0 heterocycles. The lowest BCUT2D eigenvalue weighted by Crippen LogP contribution is -2.52. The summed E-state index contributed by atoms with van der Waals surface area (Å²) < 4.78 is 39.3. The van der Waals surface area contributed by atoms with Crippen LogP contribution in [0.3, 0.4) is 0 Å². The van der Waals surface area contributed by atoms with Crippen molar-refractivity contribution in [1.82, 2.24) is 15.5 Å². The first-order chi connectivity index (χ1) is 19.0. The van der Waals surface area contributed by atoms with Crippen LogP contribution in [0.1, 0.15) is 24.0 Å². The highest BCUT2D eigenvalue weighted by Crippen LogP contribution is 2.30. The third kappa shape index (κ3) is 11.3. The summed E-state index contributed by atoms with van der Waals surface area (Å²) in [5, 5.41) is 8.09. The number of hydrogen-bond acceptors (Lipinski definition) is 7. The lowest BCUT2D eigenvalue weighted by Gasteiger charge is -2.25. The van der Waals surface area contributed by atoms with E-state index in [1.807, 2.05) is 30.3 Å². The minimum absolute atomic E-state index is 0.0704. The molecule has 0 radical (unpaired) electrons. The molecule has 0 spiro atoms. The normalized spacial score (nSPS) is 12.8. The van der Waals surface area contributed by atoms with Gasteiger partial charge < -0.3 is 38.1 Å². The monoisotopic (exact) mass is 565 g/mol. The highest BCUT2D eigenvalue weighted by Gasteiger charge is 2.31. The summed E-state index contributed by atoms with van der Waals surface area (Å²) in [5.41, 5.74) is 17.0. The van der Waals surface area contributed by atoms with Gasteiger partial charge in [0.15, 0.2) is 0 Å². The number of halogens is 3. The summed E-state index contributed by atoms with van der Waals surface area (Å²) in [4.78, 5) is 40.3. The van der Waals surface area contributed by atoms with Gasteiger partial charge in [-0.25, -0.2) is 0 Å². The van der Waals surface area contributed by atoms with Crippen molar-refractivity contribution in [3.63, 3.8) is 0 Å². The van der Waals surface area contributed by atoms with E-state index in [0.29, 0.717) is 32.6 Å². The largest absolute Gasteiger partial charge is 0.416 e. The van der Waals surface area contributed by atoms with E-state index in [4.69, 9.17) is 17.2 Å². The summed E-state index contributed by atoms with van der Waals surface area (Å²) in [6, 6.07) is 11.0. The number of carbonyl (C=O) groups is 3. The molecule has 10 nitrogen and oxygen atoms in total. The van der Waals surface area contributed by atoms with Crippen molar-refractivity contribution in [3.05, 3.63) is 65.7 Å². The molecule has 2 atom stereocenters. The maximum absolute atomic E-state index is 13.1. The number of aryl methyl sites for hydroxylation is 1. The minimum atomic E-state index is -4.58. The predicted molar refractivity (Wildman–Crippen MR) is 147 cm³/mol. The molecular weight excluding hydrogens is 527 g/mol. The van der Waals surface area contributed by atoms with Crippen LogP contribution in [0.4, 0.5) is 18.9 Å². The Kier molecular flexibility index (Phi) is 13.5. The van der Waals surface area contributed by atoms with E-state index in [1.54, 1.807) is 0 Å². The predicted octanol–water partition coefficient (Wildman–Crippen LogP) is 0.815. The fraction of sp³-hybridized carbons (Fsp3) is 0.444. The molecule has 0 aliphatic heterocycles. The Balaban J connectivity index is 2.09. The van der Waals surface area contributed by atoms with Crippen LogP contribution >= 0.6 is 0 Å². The molecule has 9 N–H and O–H groups in total. The zero-order chi connectivity index (χ0) is 29.5. The van der Waals surface area contributed by atoms with Crippen LogP contribution < -0.4 is 33.2 Å². The SMILES string of the molecule is NCCNCCN(CCN)C(=O)CC(N)C(=O)N[C@@H](CCc1ccccc1)C(=O)Nc1cccc(C(F)(F)F)c1. The standard InChI is InChI=1S/C27H38F3N7O3/c28-27(29,30)20-7-4-8-21(17-20)35-26(40)23(10-9-19-5-2-1-3-6-19)36-25(39)22(33)18-24(38)37(15-12-32)16-14-34-13-11-31/h1-8,17,22-23,34H,9-16,18,31-33H2,(H,35,40)(H,36,39)/t22?,23-/m0/s1. The Morgan fingerprint density at radius 1 is 0.900 bits per heavy atom. The van der Waals surface area contributed by atoms with Crippen molar-refractivity contribution in [2.75, 3.05) is 44.6 Å². The first kappa shape index (κ1) is 32.7. The van der Waals surface area contributed by atoms with E-state index in [0.717, 1.165) is 17.7 Å². The number of nitrogens with zero attached hydrogens (tertiary/aromatic N) is 1. The van der Waals surface area contributed by atoms with Crippen molar-refractivity contribution >= 4 is 23.4 Å². The summed E-state index contributed by atoms with van der Waals surface area (Å²) in [5.74, 6) is -1.82. The van der Waals surface area contributed by atoms with Gasteiger partial charge in [0.2, 0.25) is 17.7 Å². The van der Waals surface area contributed by atoms with E-state index in [9.17, 15) is 27.6 Å². The molecule has 0 aliphatic carbocycles. The smallest absolute Gasteiger partial charge is 0.343 e. The number of rotatable bonds is 16. The highest BCUT2D eigenvalue weighted by molar-refractivity contribution is 5.98. The van der Waals surface area contributed by atoms with E-state index in [2.05, 4.69) is 16.0 Å². The number of benzene rings is 2. The van der Waals surface area contributed by atoms with Crippen LogP contribution in [-0.4, -0.2) is 74.0 Å². The average molecular weight is 566 g/mol. The zero-order valence-electron chi connectivity index (χ0n) is 22.3. The quantitative estimate of drug-likeness (QED) is 0.164. The molecule has 0 saturated heterocycles. The number of nitrogens with two attached hydrogens (primary N) is 3. The highest BCUT2D eigenvalue weighted by atomic mass is 19.4. The van der Waals surface area contributed by atoms with Crippen LogP contribution in [0.2, 0.25) is 0 Å². The average Bonchev–Trinajstić information content (AvgIpc) is 2.92. The number of nitrogens with one attached hydrogen (secondary N) is 3. The molecule has 2 rings (SSSR count). The molecule has 40 heavy (non-hydrogen) atoms. The van der Waals surface area contributed by atoms with Crippen molar-refractivity contribution in [3.8, 4) is 0 Å². The second kappa shape index (κ2) is 16.6. The fourth-order valence-corrected chi connectivity index (χ4v) is 3.87. The van der Waals surface area contributed by atoms with Crippen LogP contribution in [0, 0.1) is 0 Å². The Hall–Kier alpha value is -3.52. The van der Waals surface area contributed by atoms with Crippen molar-refractivity contribution in [2.45, 2.75) is 37.5 Å². The van der Waals surface area contributed by atoms with Gasteiger partial charge in [0.25, 0.3) is 0 Å². The van der Waals surface area contributed by atoms with E-state index in [1.165, 1.54) is 17.0 Å². The van der Waals surface area contributed by atoms with Gasteiger partial charge in [-0.05, 0) is 36.6 Å². The lowest BCUT2D eigenvalue weighted by molar-refractivity contribution is -0.137. The van der Waals surface area contributed by atoms with Crippen LogP contribution in [0.25, 0.3) is 0 Å². The number of alkyl halides is 3. The van der Waals surface area contributed by atoms with Gasteiger partial charge in [0.05, 0.1) is 18.0 Å². The summed E-state index contributed by atoms with van der Waals surface area (Å²) in [6.07, 6.45) is -4.36. The van der Waals surface area contributed by atoms with E-state index >= 15 is 0 Å². The minimum Gasteiger partial charge on any atom is -0.343 e. The molecule has 2 aromatic rings. The van der Waals surface area contributed by atoms with Crippen LogP contribution in [0.5, 0.6) is 0 Å². The molecule has 13 heteroatoms. The summed E-state index contributed by atoms with van der Waals surface area (Å²) >= 11 is 0. The molecule has 0 aromatic heterocycles. The molecule has 0 fully saturated rings. The van der Waals surface area contributed by atoms with Gasteiger partial charge in [-0.3, -0.25) is 14.4 Å². The molecular formula is C27H38F3N7O3. The molecule has 3 amide bonds. The van der Waals surface area contributed by atoms with Gasteiger partial charge in [-0.2, -0.15) is 13.2 Å². The first-order valence-electron chi connectivity index (χ1n) is 13.0. The van der Waals surface area contributed by atoms with E-state index < -0.39 is 35.6 Å². The number of hydrogen-bond donors (Lipinski definition) is 6. The van der Waals surface area contributed by atoms with Gasteiger partial charge >= 0.3 is 6.18 Å². The lowest BCUT2D eigenvalue weighted by atomic mass is 10.0. The topological polar surface area (TPSA) is 169 Å². The van der Waals surface area contributed by atoms with E-state index in [-0.39, 0.29) is 37.5 Å². The number of carbonyl (C=O) groups excluding carboxylic acids is 3. The van der Waals surface area contributed by atoms with Gasteiger partial charge in [-0.15, -0.1) is 0 Å². The van der Waals surface area contributed by atoms with Gasteiger partial charge in [0, 0.05) is 45.0 Å². The second-order valence-electron chi connectivity index (χ2n) is 9.17. The molecule has 0 bridgehead atoms. The van der Waals surface area contributed by atoms with Crippen molar-refractivity contribution in [2.24, 2.45) is 17.2 Å². The Morgan fingerprint density at radius 3 is 2.27 bits per heavy atom. The van der Waals surface area contributed by atoms with Crippen molar-refractivity contribution in [1.29, 1.82) is 0 Å². The van der Waals surface area contributed by atoms with Gasteiger partial charge in [-0.1, -0.05) is 36.4 Å². The molecule has 1 unspecified atom stereocenters. The fourth-order valence-electron chi connectivity index (χ4n) is 3.87. The van der Waals surface area contributed by atoms with Crippen LogP contribution in [-0.2, 0) is 27.0 Å². The second-order valence-corrected chi connectivity index (χ2v) is 9.17. The molecule has 220 valence electrons. The molecule has 0 saturated carbocycles. The van der Waals surface area contributed by atoms with Crippen molar-refractivity contribution < 1.29 is 27.6 Å². The Morgan fingerprint density at radius 2 is 1.62 bits per heavy atom. The van der Waals surface area contributed by atoms with Crippen LogP contribution in [0.15, 0.2) is 54.6 Å². The Labute approximate surface area is 231 Å². The third-order valence-electron chi connectivity index (χ3n) is 6.02. The number of anilines is 1. The third-order valence-corrected chi connectivity index (χ3v) is 6.02. The Bertz CT molecular complexity index is 1090. The maximum Gasteiger partial charge on any atom is 0.416 e. The van der Waals surface area contributed by atoms with Gasteiger partial charge in [0.1, 0.15) is 6.04 Å². The molecule has 2 aromatic carbocycles. The zero-order valence-corrected chi connectivity index (χ0v) is 22.3. The summed E-state index contributed by atoms with van der Waals surface area (Å²) in [6.45, 7) is 2.37. The first-order valence-corrected chi connectivity index (χ1v) is 13.0. The summed E-state index contributed by atoms with van der Waals surface area (Å²) in [7, 11) is 0. The maximum atomic E-state index is 13.1. The molecule has 0 aliphatic rings. The number of amides is 3.